The van der Waals surface area contributed by atoms with Crippen LogP contribution in [0, 0.1) is 0 Å². The van der Waals surface area contributed by atoms with Crippen LogP contribution in [0.4, 0.5) is 13.2 Å². The molecule has 0 bridgehead atoms. The largest absolute Gasteiger partial charge is 0.433 e. The summed E-state index contributed by atoms with van der Waals surface area (Å²) in [4.78, 5) is 27.3. The molecular formula is C10H5Cl2F3N4O2. The molecule has 2 aromatic rings. The molecule has 2 N–H and O–H groups in total. The Bertz CT molecular complexity index is 829. The summed E-state index contributed by atoms with van der Waals surface area (Å²) in [5, 5.41) is -0.0711. The van der Waals surface area contributed by atoms with Crippen molar-refractivity contribution in [2.45, 2.75) is 6.18 Å². The lowest BCUT2D eigenvalue weighted by molar-refractivity contribution is -0.143. The molecule has 0 aliphatic carbocycles. The summed E-state index contributed by atoms with van der Waals surface area (Å²) in [6, 6.07) is 1.35. The van der Waals surface area contributed by atoms with Gasteiger partial charge in [0.15, 0.2) is 11.5 Å². The van der Waals surface area contributed by atoms with Gasteiger partial charge in [0.2, 0.25) is 0 Å². The van der Waals surface area contributed by atoms with Crippen molar-refractivity contribution in [2.24, 2.45) is 0 Å². The van der Waals surface area contributed by atoms with Crippen molar-refractivity contribution in [2.75, 3.05) is 5.84 Å². The molecular weight excluding hydrogens is 336 g/mol. The lowest BCUT2D eigenvalue weighted by Crippen LogP contribution is -2.45. The number of nitrogen functional groups attached to an aromatic ring is 1. The summed E-state index contributed by atoms with van der Waals surface area (Å²) in [5.41, 5.74) is -4.30. The first kappa shape index (κ1) is 15.4. The maximum absolute atomic E-state index is 12.6. The highest BCUT2D eigenvalue weighted by atomic mass is 35.5. The molecule has 0 aliphatic rings. The monoisotopic (exact) mass is 340 g/mol. The quantitative estimate of drug-likeness (QED) is 0.796. The van der Waals surface area contributed by atoms with Gasteiger partial charge < -0.3 is 5.84 Å². The highest BCUT2D eigenvalue weighted by Crippen LogP contribution is 2.26. The molecule has 0 amide bonds. The third kappa shape index (κ3) is 2.74. The van der Waals surface area contributed by atoms with Crippen molar-refractivity contribution in [3.05, 3.63) is 54.9 Å². The molecule has 0 aromatic carbocycles. The van der Waals surface area contributed by atoms with Crippen LogP contribution in [-0.2, 0) is 6.18 Å². The van der Waals surface area contributed by atoms with Gasteiger partial charge in [0.05, 0.1) is 10.0 Å². The van der Waals surface area contributed by atoms with Gasteiger partial charge in [0.25, 0.3) is 5.56 Å². The van der Waals surface area contributed by atoms with Gasteiger partial charge in [-0.2, -0.15) is 13.2 Å². The molecule has 2 aromatic heterocycles. The Morgan fingerprint density at radius 1 is 1.19 bits per heavy atom. The van der Waals surface area contributed by atoms with E-state index in [0.29, 0.717) is 4.57 Å². The molecule has 0 unspecified atom stereocenters. The number of aromatic nitrogens is 3. The van der Waals surface area contributed by atoms with Crippen LogP contribution in [0.1, 0.15) is 5.69 Å². The van der Waals surface area contributed by atoms with Crippen LogP contribution >= 0.6 is 23.2 Å². The minimum atomic E-state index is -4.95. The van der Waals surface area contributed by atoms with Crippen LogP contribution < -0.4 is 17.1 Å². The molecule has 2 rings (SSSR count). The van der Waals surface area contributed by atoms with E-state index in [4.69, 9.17) is 29.0 Å². The summed E-state index contributed by atoms with van der Waals surface area (Å²) in [5.74, 6) is 4.71. The summed E-state index contributed by atoms with van der Waals surface area (Å²) in [6.07, 6.45) is -3.88. The van der Waals surface area contributed by atoms with Gasteiger partial charge in [-0.25, -0.2) is 19.0 Å². The predicted octanol–water partition coefficient (Wildman–Crippen LogP) is 1.43. The second-order valence-corrected chi connectivity index (χ2v) is 4.66. The number of pyridine rings is 1. The number of alkyl halides is 3. The number of halogens is 5. The Kier molecular flexibility index (Phi) is 3.72. The van der Waals surface area contributed by atoms with Gasteiger partial charge in [-0.3, -0.25) is 4.79 Å². The third-order valence-corrected chi connectivity index (χ3v) is 2.91. The van der Waals surface area contributed by atoms with E-state index in [-0.39, 0.29) is 26.6 Å². The standard InChI is InChI=1S/C10H5Cl2F3N4O2/c11-4-1-5(12)8(17-3-4)18-7(20)2-6(10(13,14)15)19(16)9(18)21/h1-3H,16H2. The summed E-state index contributed by atoms with van der Waals surface area (Å²) in [7, 11) is 0. The number of rotatable bonds is 1. The van der Waals surface area contributed by atoms with E-state index in [9.17, 15) is 22.8 Å². The van der Waals surface area contributed by atoms with Gasteiger partial charge >= 0.3 is 11.9 Å². The van der Waals surface area contributed by atoms with Crippen LogP contribution in [0.3, 0.4) is 0 Å². The molecule has 6 nitrogen and oxygen atoms in total. The smallest absolute Gasteiger partial charge is 0.335 e. The van der Waals surface area contributed by atoms with Gasteiger partial charge in [-0.05, 0) is 6.07 Å². The SMILES string of the molecule is Nn1c(C(F)(F)F)cc(=O)n(-c2ncc(Cl)cc2Cl)c1=O. The van der Waals surface area contributed by atoms with Crippen LogP contribution in [-0.4, -0.2) is 14.2 Å². The van der Waals surface area contributed by atoms with E-state index in [1.807, 2.05) is 0 Å². The van der Waals surface area contributed by atoms with E-state index >= 15 is 0 Å². The van der Waals surface area contributed by atoms with Crippen LogP contribution in [0.2, 0.25) is 10.0 Å². The number of nitrogens with two attached hydrogens (primary N) is 1. The van der Waals surface area contributed by atoms with Crippen molar-refractivity contribution >= 4 is 23.2 Å². The van der Waals surface area contributed by atoms with Gasteiger partial charge in [0, 0.05) is 12.3 Å². The average Bonchev–Trinajstić information content (AvgIpc) is 2.35. The van der Waals surface area contributed by atoms with Crippen molar-refractivity contribution in [3.63, 3.8) is 0 Å². The normalized spacial score (nSPS) is 11.7. The summed E-state index contributed by atoms with van der Waals surface area (Å²) >= 11 is 11.4. The first-order valence-corrected chi connectivity index (χ1v) is 5.91. The minimum Gasteiger partial charge on any atom is -0.335 e. The zero-order valence-corrected chi connectivity index (χ0v) is 11.4. The molecule has 0 fully saturated rings. The molecule has 0 saturated carbocycles. The molecule has 2 heterocycles. The van der Waals surface area contributed by atoms with Crippen molar-refractivity contribution in [1.82, 2.24) is 14.2 Å². The Hall–Kier alpha value is -2.00. The van der Waals surface area contributed by atoms with Gasteiger partial charge in [0.1, 0.15) is 0 Å². The first-order valence-electron chi connectivity index (χ1n) is 5.15. The average molecular weight is 341 g/mol. The zero-order chi connectivity index (χ0) is 15.9. The fourth-order valence-electron chi connectivity index (χ4n) is 1.54. The predicted molar refractivity (Wildman–Crippen MR) is 69.3 cm³/mol. The maximum Gasteiger partial charge on any atom is 0.433 e. The Labute approximate surface area is 124 Å². The minimum absolute atomic E-state index is 0.122. The van der Waals surface area contributed by atoms with Crippen LogP contribution in [0.5, 0.6) is 0 Å². The molecule has 0 aliphatic heterocycles. The summed E-state index contributed by atoms with van der Waals surface area (Å²) < 4.78 is 38.0. The second kappa shape index (κ2) is 5.08. The lowest BCUT2D eigenvalue weighted by Gasteiger charge is -2.13. The molecule has 0 atom stereocenters. The van der Waals surface area contributed by atoms with Gasteiger partial charge in [-0.1, -0.05) is 23.2 Å². The van der Waals surface area contributed by atoms with Gasteiger partial charge in [-0.15, -0.1) is 0 Å². The molecule has 0 saturated heterocycles. The highest BCUT2D eigenvalue weighted by Gasteiger charge is 2.36. The van der Waals surface area contributed by atoms with Crippen molar-refractivity contribution in [1.29, 1.82) is 0 Å². The van der Waals surface area contributed by atoms with E-state index in [2.05, 4.69) is 4.98 Å². The fourth-order valence-corrected chi connectivity index (χ4v) is 2.01. The number of nitrogens with zero attached hydrogens (tertiary/aromatic N) is 3. The van der Waals surface area contributed by atoms with Crippen LogP contribution in [0.15, 0.2) is 27.9 Å². The molecule has 0 radical (unpaired) electrons. The van der Waals surface area contributed by atoms with E-state index in [1.165, 1.54) is 6.07 Å². The Morgan fingerprint density at radius 2 is 1.81 bits per heavy atom. The maximum atomic E-state index is 12.6. The summed E-state index contributed by atoms with van der Waals surface area (Å²) in [6.45, 7) is 0. The first-order chi connectivity index (χ1) is 9.62. The topological polar surface area (TPSA) is 82.9 Å². The Balaban J connectivity index is 2.82. The van der Waals surface area contributed by atoms with Crippen molar-refractivity contribution in [3.8, 4) is 5.82 Å². The molecule has 112 valence electrons. The Morgan fingerprint density at radius 3 is 2.33 bits per heavy atom. The second-order valence-electron chi connectivity index (χ2n) is 3.81. The van der Waals surface area contributed by atoms with E-state index in [0.717, 1.165) is 6.20 Å². The molecule has 21 heavy (non-hydrogen) atoms. The fraction of sp³-hybridized carbons (Fsp3) is 0.100. The lowest BCUT2D eigenvalue weighted by atomic mass is 10.4. The molecule has 11 heteroatoms. The number of hydrogen-bond donors (Lipinski definition) is 1. The van der Waals surface area contributed by atoms with Crippen molar-refractivity contribution < 1.29 is 13.2 Å². The zero-order valence-electron chi connectivity index (χ0n) is 9.86. The van der Waals surface area contributed by atoms with E-state index < -0.39 is 23.1 Å². The van der Waals surface area contributed by atoms with E-state index in [1.54, 1.807) is 0 Å². The number of hydrogen-bond acceptors (Lipinski definition) is 4. The molecule has 0 spiro atoms. The third-order valence-electron chi connectivity index (χ3n) is 2.43. The van der Waals surface area contributed by atoms with Crippen LogP contribution in [0.25, 0.3) is 5.82 Å². The highest BCUT2D eigenvalue weighted by molar-refractivity contribution is 6.35.